The van der Waals surface area contributed by atoms with E-state index in [2.05, 4.69) is 21.2 Å². The Labute approximate surface area is 117 Å². The van der Waals surface area contributed by atoms with Crippen LogP contribution in [0.15, 0.2) is 22.7 Å². The fourth-order valence-corrected chi connectivity index (χ4v) is 1.80. The summed E-state index contributed by atoms with van der Waals surface area (Å²) in [5.74, 6) is -0.124. The SMILES string of the molecule is Cc1cc(Br)ccc1CNC(=O)C(C)CN.Cl. The lowest BCUT2D eigenvalue weighted by atomic mass is 10.1. The molecule has 0 heterocycles. The Hall–Kier alpha value is -0.580. The maximum atomic E-state index is 11.5. The molecule has 0 spiro atoms. The second-order valence-electron chi connectivity index (χ2n) is 3.93. The van der Waals surface area contributed by atoms with Crippen molar-refractivity contribution in [2.24, 2.45) is 11.7 Å². The first kappa shape index (κ1) is 16.4. The Bertz CT molecular complexity index is 385. The van der Waals surface area contributed by atoms with Crippen LogP contribution in [0.1, 0.15) is 18.1 Å². The third-order valence-corrected chi connectivity index (χ3v) is 3.05. The maximum absolute atomic E-state index is 11.5. The molecule has 0 aliphatic heterocycles. The number of carbonyl (C=O) groups excluding carboxylic acids is 1. The molecular formula is C12H18BrClN2O. The molecule has 1 amide bonds. The van der Waals surface area contributed by atoms with Gasteiger partial charge in [0.15, 0.2) is 0 Å². The number of nitrogens with two attached hydrogens (primary N) is 1. The first-order valence-corrected chi connectivity index (χ1v) is 6.06. The molecule has 1 aromatic rings. The average molecular weight is 322 g/mol. The van der Waals surface area contributed by atoms with Crippen molar-refractivity contribution in [1.29, 1.82) is 0 Å². The van der Waals surface area contributed by atoms with E-state index in [1.54, 1.807) is 0 Å². The number of aryl methyl sites for hydroxylation is 1. The average Bonchev–Trinajstić information content (AvgIpc) is 2.26. The molecule has 5 heteroatoms. The van der Waals surface area contributed by atoms with Crippen LogP contribution < -0.4 is 11.1 Å². The Morgan fingerprint density at radius 3 is 2.71 bits per heavy atom. The highest BCUT2D eigenvalue weighted by atomic mass is 79.9. The zero-order valence-electron chi connectivity index (χ0n) is 10.00. The molecular weight excluding hydrogens is 304 g/mol. The van der Waals surface area contributed by atoms with Gasteiger partial charge in [0.05, 0.1) is 0 Å². The quantitative estimate of drug-likeness (QED) is 0.894. The Morgan fingerprint density at radius 2 is 2.18 bits per heavy atom. The zero-order valence-corrected chi connectivity index (χ0v) is 12.4. The fourth-order valence-electron chi connectivity index (χ4n) is 1.32. The minimum absolute atomic E-state index is 0. The molecule has 1 atom stereocenters. The van der Waals surface area contributed by atoms with Crippen LogP contribution in [0.5, 0.6) is 0 Å². The molecule has 0 saturated carbocycles. The van der Waals surface area contributed by atoms with Gasteiger partial charge in [-0.2, -0.15) is 0 Å². The van der Waals surface area contributed by atoms with E-state index in [1.807, 2.05) is 32.0 Å². The summed E-state index contributed by atoms with van der Waals surface area (Å²) in [6.45, 7) is 4.79. The van der Waals surface area contributed by atoms with Gasteiger partial charge in [0, 0.05) is 23.5 Å². The van der Waals surface area contributed by atoms with E-state index in [-0.39, 0.29) is 24.2 Å². The summed E-state index contributed by atoms with van der Waals surface area (Å²) >= 11 is 3.41. The van der Waals surface area contributed by atoms with E-state index < -0.39 is 0 Å². The van der Waals surface area contributed by atoms with Crippen LogP contribution >= 0.6 is 28.3 Å². The van der Waals surface area contributed by atoms with Crippen molar-refractivity contribution < 1.29 is 4.79 Å². The normalized spacial score (nSPS) is 11.5. The van der Waals surface area contributed by atoms with E-state index in [0.29, 0.717) is 13.1 Å². The summed E-state index contributed by atoms with van der Waals surface area (Å²) in [6.07, 6.45) is 0. The highest BCUT2D eigenvalue weighted by molar-refractivity contribution is 9.10. The first-order chi connectivity index (χ1) is 7.54. The van der Waals surface area contributed by atoms with Gasteiger partial charge < -0.3 is 11.1 Å². The number of benzene rings is 1. The number of carbonyl (C=O) groups is 1. The summed E-state index contributed by atoms with van der Waals surface area (Å²) in [6, 6.07) is 6.02. The van der Waals surface area contributed by atoms with Crippen molar-refractivity contribution in [2.45, 2.75) is 20.4 Å². The topological polar surface area (TPSA) is 55.1 Å². The Kier molecular flexibility index (Phi) is 7.43. The van der Waals surface area contributed by atoms with Crippen LogP contribution in [0.3, 0.4) is 0 Å². The lowest BCUT2D eigenvalue weighted by Crippen LogP contribution is -2.32. The molecule has 1 aromatic carbocycles. The lowest BCUT2D eigenvalue weighted by Gasteiger charge is -2.11. The summed E-state index contributed by atoms with van der Waals surface area (Å²) in [7, 11) is 0. The highest BCUT2D eigenvalue weighted by Gasteiger charge is 2.10. The molecule has 0 radical (unpaired) electrons. The molecule has 0 aromatic heterocycles. The van der Waals surface area contributed by atoms with Crippen molar-refractivity contribution in [3.63, 3.8) is 0 Å². The van der Waals surface area contributed by atoms with Gasteiger partial charge in [0.2, 0.25) is 5.91 Å². The van der Waals surface area contributed by atoms with Crippen LogP contribution in [0.4, 0.5) is 0 Å². The largest absolute Gasteiger partial charge is 0.352 e. The summed E-state index contributed by atoms with van der Waals surface area (Å²) in [5.41, 5.74) is 7.71. The van der Waals surface area contributed by atoms with Crippen molar-refractivity contribution in [3.05, 3.63) is 33.8 Å². The number of halogens is 2. The third-order valence-electron chi connectivity index (χ3n) is 2.56. The van der Waals surface area contributed by atoms with Crippen molar-refractivity contribution in [3.8, 4) is 0 Å². The van der Waals surface area contributed by atoms with Crippen LogP contribution in [-0.2, 0) is 11.3 Å². The Balaban J connectivity index is 0.00000256. The summed E-state index contributed by atoms with van der Waals surface area (Å²) < 4.78 is 1.05. The van der Waals surface area contributed by atoms with Gasteiger partial charge in [-0.05, 0) is 30.2 Å². The third kappa shape index (κ3) is 5.06. The predicted octanol–water partition coefficient (Wildman–Crippen LogP) is 2.39. The molecule has 1 unspecified atom stereocenters. The van der Waals surface area contributed by atoms with Gasteiger partial charge in [-0.3, -0.25) is 4.79 Å². The van der Waals surface area contributed by atoms with Crippen LogP contribution in [0, 0.1) is 12.8 Å². The standard InChI is InChI=1S/C12H17BrN2O.ClH/c1-8-5-11(13)4-3-10(8)7-15-12(16)9(2)6-14;/h3-5,9H,6-7,14H2,1-2H3,(H,15,16);1H. The Morgan fingerprint density at radius 1 is 1.53 bits per heavy atom. The molecule has 0 bridgehead atoms. The van der Waals surface area contributed by atoms with Crippen molar-refractivity contribution in [2.75, 3.05) is 6.54 Å². The maximum Gasteiger partial charge on any atom is 0.224 e. The van der Waals surface area contributed by atoms with E-state index in [9.17, 15) is 4.79 Å². The second kappa shape index (κ2) is 7.69. The highest BCUT2D eigenvalue weighted by Crippen LogP contribution is 2.15. The van der Waals surface area contributed by atoms with E-state index in [4.69, 9.17) is 5.73 Å². The van der Waals surface area contributed by atoms with Gasteiger partial charge in [0.1, 0.15) is 0 Å². The number of hydrogen-bond acceptors (Lipinski definition) is 2. The lowest BCUT2D eigenvalue weighted by molar-refractivity contribution is -0.124. The number of amides is 1. The van der Waals surface area contributed by atoms with Gasteiger partial charge in [-0.1, -0.05) is 28.9 Å². The van der Waals surface area contributed by atoms with Gasteiger partial charge in [0.25, 0.3) is 0 Å². The molecule has 96 valence electrons. The molecule has 17 heavy (non-hydrogen) atoms. The zero-order chi connectivity index (χ0) is 12.1. The molecule has 0 saturated heterocycles. The van der Waals surface area contributed by atoms with Gasteiger partial charge >= 0.3 is 0 Å². The predicted molar refractivity (Wildman–Crippen MR) is 76.2 cm³/mol. The number of rotatable bonds is 4. The smallest absolute Gasteiger partial charge is 0.224 e. The van der Waals surface area contributed by atoms with E-state index in [0.717, 1.165) is 15.6 Å². The molecule has 3 nitrogen and oxygen atoms in total. The van der Waals surface area contributed by atoms with Crippen LogP contribution in [0.2, 0.25) is 0 Å². The second-order valence-corrected chi connectivity index (χ2v) is 4.84. The summed E-state index contributed by atoms with van der Waals surface area (Å²) in [5, 5.41) is 2.88. The van der Waals surface area contributed by atoms with Gasteiger partial charge in [-0.15, -0.1) is 12.4 Å². The van der Waals surface area contributed by atoms with E-state index in [1.165, 1.54) is 0 Å². The first-order valence-electron chi connectivity index (χ1n) is 5.27. The summed E-state index contributed by atoms with van der Waals surface area (Å²) in [4.78, 5) is 11.5. The minimum atomic E-state index is -0.129. The molecule has 0 fully saturated rings. The van der Waals surface area contributed by atoms with Gasteiger partial charge in [-0.25, -0.2) is 0 Å². The monoisotopic (exact) mass is 320 g/mol. The van der Waals surface area contributed by atoms with E-state index >= 15 is 0 Å². The van der Waals surface area contributed by atoms with Crippen LogP contribution in [-0.4, -0.2) is 12.5 Å². The fraction of sp³-hybridized carbons (Fsp3) is 0.417. The molecule has 0 aliphatic rings. The van der Waals surface area contributed by atoms with Crippen molar-refractivity contribution >= 4 is 34.2 Å². The molecule has 3 N–H and O–H groups in total. The number of nitrogens with one attached hydrogen (secondary N) is 1. The number of hydrogen-bond donors (Lipinski definition) is 2. The minimum Gasteiger partial charge on any atom is -0.352 e. The molecule has 0 aliphatic carbocycles. The van der Waals surface area contributed by atoms with Crippen LogP contribution in [0.25, 0.3) is 0 Å². The van der Waals surface area contributed by atoms with Crippen molar-refractivity contribution in [1.82, 2.24) is 5.32 Å². The molecule has 1 rings (SSSR count).